The van der Waals surface area contributed by atoms with Crippen molar-refractivity contribution in [2.75, 3.05) is 25.9 Å². The lowest BCUT2D eigenvalue weighted by molar-refractivity contribution is -0.137. The quantitative estimate of drug-likeness (QED) is 0.542. The standard InChI is InChI=1S/C8H14F3NS/c1-7(6-13)5-12(2)4-3-8(9,10)11/h13H,1,3-6H2,2H3. The molecule has 0 saturated carbocycles. The molecule has 13 heavy (non-hydrogen) atoms. The van der Waals surface area contributed by atoms with Gasteiger partial charge in [0.2, 0.25) is 0 Å². The minimum Gasteiger partial charge on any atom is -0.302 e. The first-order valence-electron chi connectivity index (χ1n) is 3.88. The van der Waals surface area contributed by atoms with Crippen LogP contribution in [-0.4, -0.2) is 37.0 Å². The van der Waals surface area contributed by atoms with Gasteiger partial charge in [-0.1, -0.05) is 12.2 Å². The topological polar surface area (TPSA) is 3.24 Å². The van der Waals surface area contributed by atoms with Crippen LogP contribution in [0.2, 0.25) is 0 Å². The first-order chi connectivity index (χ1) is 5.85. The van der Waals surface area contributed by atoms with E-state index >= 15 is 0 Å². The summed E-state index contributed by atoms with van der Waals surface area (Å²) in [7, 11) is 1.64. The van der Waals surface area contributed by atoms with E-state index in [0.29, 0.717) is 12.3 Å². The normalized spacial score (nSPS) is 12.2. The lowest BCUT2D eigenvalue weighted by Gasteiger charge is -2.18. The summed E-state index contributed by atoms with van der Waals surface area (Å²) < 4.78 is 35.3. The molecule has 0 saturated heterocycles. The van der Waals surface area contributed by atoms with E-state index in [1.165, 1.54) is 0 Å². The van der Waals surface area contributed by atoms with Crippen LogP contribution < -0.4 is 0 Å². The predicted octanol–water partition coefficient (Wildman–Crippen LogP) is 2.36. The summed E-state index contributed by atoms with van der Waals surface area (Å²) >= 11 is 3.97. The van der Waals surface area contributed by atoms with Crippen LogP contribution in [0.25, 0.3) is 0 Å². The molecule has 0 aromatic rings. The summed E-state index contributed by atoms with van der Waals surface area (Å²) in [5.41, 5.74) is 0.827. The highest BCUT2D eigenvalue weighted by Crippen LogP contribution is 2.19. The van der Waals surface area contributed by atoms with Crippen molar-refractivity contribution in [1.29, 1.82) is 0 Å². The highest BCUT2D eigenvalue weighted by Gasteiger charge is 2.26. The Morgan fingerprint density at radius 2 is 2.00 bits per heavy atom. The van der Waals surface area contributed by atoms with E-state index in [4.69, 9.17) is 0 Å². The monoisotopic (exact) mass is 213 g/mol. The van der Waals surface area contributed by atoms with E-state index in [1.807, 2.05) is 0 Å². The maximum absolute atomic E-state index is 11.8. The van der Waals surface area contributed by atoms with Crippen molar-refractivity contribution in [2.24, 2.45) is 0 Å². The summed E-state index contributed by atoms with van der Waals surface area (Å²) in [6, 6.07) is 0. The Kier molecular flexibility index (Phi) is 5.48. The fourth-order valence-corrected chi connectivity index (χ4v) is 0.928. The van der Waals surface area contributed by atoms with E-state index in [-0.39, 0.29) is 6.54 Å². The lowest BCUT2D eigenvalue weighted by atomic mass is 10.3. The van der Waals surface area contributed by atoms with Gasteiger partial charge in [0.15, 0.2) is 0 Å². The average molecular weight is 213 g/mol. The van der Waals surface area contributed by atoms with Gasteiger partial charge in [0.05, 0.1) is 6.42 Å². The Labute approximate surface area is 82.0 Å². The third-order valence-electron chi connectivity index (χ3n) is 1.49. The van der Waals surface area contributed by atoms with Crippen molar-refractivity contribution in [3.63, 3.8) is 0 Å². The number of nitrogens with zero attached hydrogens (tertiary/aromatic N) is 1. The average Bonchev–Trinajstić information content (AvgIpc) is 1.99. The van der Waals surface area contributed by atoms with Crippen molar-refractivity contribution in [1.82, 2.24) is 4.90 Å². The molecule has 0 aliphatic rings. The largest absolute Gasteiger partial charge is 0.390 e. The van der Waals surface area contributed by atoms with Crippen molar-refractivity contribution in [2.45, 2.75) is 12.6 Å². The molecule has 0 spiro atoms. The van der Waals surface area contributed by atoms with Crippen LogP contribution in [0.15, 0.2) is 12.2 Å². The Bertz CT molecular complexity index is 167. The second-order valence-electron chi connectivity index (χ2n) is 3.01. The van der Waals surface area contributed by atoms with E-state index < -0.39 is 12.6 Å². The zero-order chi connectivity index (χ0) is 10.5. The van der Waals surface area contributed by atoms with Crippen LogP contribution in [0, 0.1) is 0 Å². The lowest BCUT2D eigenvalue weighted by Crippen LogP contribution is -2.26. The van der Waals surface area contributed by atoms with E-state index in [2.05, 4.69) is 19.2 Å². The van der Waals surface area contributed by atoms with Crippen LogP contribution >= 0.6 is 12.6 Å². The van der Waals surface area contributed by atoms with Crippen LogP contribution in [0.3, 0.4) is 0 Å². The summed E-state index contributed by atoms with van der Waals surface area (Å²) in [4.78, 5) is 1.59. The molecular weight excluding hydrogens is 199 g/mol. The number of alkyl halides is 3. The molecule has 0 aliphatic heterocycles. The van der Waals surface area contributed by atoms with E-state index in [9.17, 15) is 13.2 Å². The van der Waals surface area contributed by atoms with Gasteiger partial charge in [-0.15, -0.1) is 0 Å². The minimum atomic E-state index is -4.07. The number of rotatable bonds is 5. The summed E-state index contributed by atoms with van der Waals surface area (Å²) in [5.74, 6) is 0.510. The van der Waals surface area contributed by atoms with Gasteiger partial charge in [-0.3, -0.25) is 0 Å². The van der Waals surface area contributed by atoms with Crippen LogP contribution in [-0.2, 0) is 0 Å². The third kappa shape index (κ3) is 8.18. The summed E-state index contributed by atoms with van der Waals surface area (Å²) in [5, 5.41) is 0. The predicted molar refractivity (Wildman–Crippen MR) is 51.2 cm³/mol. The SMILES string of the molecule is C=C(CS)CN(C)CCC(F)(F)F. The first-order valence-corrected chi connectivity index (χ1v) is 4.51. The van der Waals surface area contributed by atoms with Gasteiger partial charge < -0.3 is 4.90 Å². The van der Waals surface area contributed by atoms with Gasteiger partial charge in [0.1, 0.15) is 0 Å². The van der Waals surface area contributed by atoms with Crippen LogP contribution in [0.4, 0.5) is 13.2 Å². The molecule has 0 rings (SSSR count). The molecule has 0 unspecified atom stereocenters. The zero-order valence-electron chi connectivity index (χ0n) is 7.56. The molecule has 5 heteroatoms. The van der Waals surface area contributed by atoms with Gasteiger partial charge in [0, 0.05) is 18.8 Å². The molecule has 0 bridgehead atoms. The maximum atomic E-state index is 11.8. The van der Waals surface area contributed by atoms with Gasteiger partial charge in [-0.25, -0.2) is 0 Å². The fourth-order valence-electron chi connectivity index (χ4n) is 0.828. The molecule has 1 nitrogen and oxygen atoms in total. The summed E-state index contributed by atoms with van der Waals surface area (Å²) in [6.45, 7) is 4.14. The highest BCUT2D eigenvalue weighted by atomic mass is 32.1. The second-order valence-corrected chi connectivity index (χ2v) is 3.33. The highest BCUT2D eigenvalue weighted by molar-refractivity contribution is 7.80. The Morgan fingerprint density at radius 1 is 1.46 bits per heavy atom. The molecule has 0 aliphatic carbocycles. The van der Waals surface area contributed by atoms with E-state index in [1.54, 1.807) is 11.9 Å². The Hall–Kier alpha value is -0.160. The van der Waals surface area contributed by atoms with Crippen LogP contribution in [0.5, 0.6) is 0 Å². The van der Waals surface area contributed by atoms with Gasteiger partial charge in [-0.05, 0) is 7.05 Å². The van der Waals surface area contributed by atoms with Crippen molar-refractivity contribution in [3.8, 4) is 0 Å². The molecule has 0 aromatic heterocycles. The number of thiol groups is 1. The number of hydrogen-bond acceptors (Lipinski definition) is 2. The van der Waals surface area contributed by atoms with Gasteiger partial charge >= 0.3 is 6.18 Å². The fraction of sp³-hybridized carbons (Fsp3) is 0.750. The second kappa shape index (κ2) is 5.54. The molecule has 78 valence electrons. The molecule has 0 atom stereocenters. The smallest absolute Gasteiger partial charge is 0.302 e. The van der Waals surface area contributed by atoms with Gasteiger partial charge in [0.25, 0.3) is 0 Å². The third-order valence-corrected chi connectivity index (χ3v) is 1.94. The molecule has 0 radical (unpaired) electrons. The molecule has 0 N–H and O–H groups in total. The van der Waals surface area contributed by atoms with E-state index in [0.717, 1.165) is 5.57 Å². The number of halogens is 3. The Balaban J connectivity index is 3.63. The molecule has 0 fully saturated rings. The van der Waals surface area contributed by atoms with Crippen molar-refractivity contribution < 1.29 is 13.2 Å². The molecular formula is C8H14F3NS. The number of hydrogen-bond donors (Lipinski definition) is 1. The first kappa shape index (κ1) is 12.8. The summed E-state index contributed by atoms with van der Waals surface area (Å²) in [6.07, 6.45) is -4.85. The minimum absolute atomic E-state index is 0.0102. The van der Waals surface area contributed by atoms with Gasteiger partial charge in [-0.2, -0.15) is 25.8 Å². The maximum Gasteiger partial charge on any atom is 0.390 e. The van der Waals surface area contributed by atoms with Crippen molar-refractivity contribution in [3.05, 3.63) is 12.2 Å². The molecule has 0 heterocycles. The number of likely N-dealkylation sites (N-methyl/N-ethyl adjacent to an activating group) is 1. The Morgan fingerprint density at radius 3 is 2.38 bits per heavy atom. The zero-order valence-corrected chi connectivity index (χ0v) is 8.46. The van der Waals surface area contributed by atoms with Crippen molar-refractivity contribution >= 4 is 12.6 Å². The molecule has 0 aromatic carbocycles. The molecule has 0 amide bonds. The van der Waals surface area contributed by atoms with Crippen LogP contribution in [0.1, 0.15) is 6.42 Å².